The Kier molecular flexibility index (Phi) is 11.0. The molecule has 1 saturated heterocycles. The summed E-state index contributed by atoms with van der Waals surface area (Å²) in [6, 6.07) is 23.3. The zero-order valence-electron chi connectivity index (χ0n) is 25.7. The first-order chi connectivity index (χ1) is 20.9. The first-order valence-electron chi connectivity index (χ1n) is 14.7. The third-order valence-corrected chi connectivity index (χ3v) is 8.85. The molecule has 44 heavy (non-hydrogen) atoms. The van der Waals surface area contributed by atoms with Gasteiger partial charge in [0.2, 0.25) is 10.0 Å². The highest BCUT2D eigenvalue weighted by molar-refractivity contribution is 7.89. The van der Waals surface area contributed by atoms with Gasteiger partial charge in [0.25, 0.3) is 0 Å². The van der Waals surface area contributed by atoms with Crippen LogP contribution in [-0.4, -0.2) is 74.6 Å². The molecule has 4 rings (SSSR count). The number of hydrogen-bond donors (Lipinski definition) is 1. The van der Waals surface area contributed by atoms with E-state index in [9.17, 15) is 18.0 Å². The summed E-state index contributed by atoms with van der Waals surface area (Å²) in [6.07, 6.45) is -0.522. The molecule has 11 heteroatoms. The van der Waals surface area contributed by atoms with Crippen molar-refractivity contribution in [2.45, 2.75) is 50.8 Å². The smallest absolute Gasteiger partial charge is 0.408 e. The molecule has 1 heterocycles. The van der Waals surface area contributed by atoms with Gasteiger partial charge in [-0.15, -0.1) is 0 Å². The molecule has 0 radical (unpaired) electrons. The standard InChI is InChI=1S/C33H41N3O7S/c1-5-41-30(37)23-35-18-20-36(21-19-35)44(39,40)29-16-14-25(15-17-29)24-42-28-13-9-12-27(22-28)31(26-10-7-6-8-11-26)34-32(38)43-33(2,3)4/h6-17,22,31H,5,18-21,23-24H2,1-4H3,(H,34,38). The van der Waals surface area contributed by atoms with Crippen LogP contribution in [0.5, 0.6) is 5.75 Å². The molecule has 0 spiro atoms. The predicted octanol–water partition coefficient (Wildman–Crippen LogP) is 4.75. The average Bonchev–Trinajstić information content (AvgIpc) is 2.99. The second-order valence-electron chi connectivity index (χ2n) is 11.5. The predicted molar refractivity (Wildman–Crippen MR) is 167 cm³/mol. The van der Waals surface area contributed by atoms with E-state index in [0.717, 1.165) is 16.7 Å². The zero-order chi connectivity index (χ0) is 31.7. The lowest BCUT2D eigenvalue weighted by atomic mass is 9.98. The average molecular weight is 624 g/mol. The first kappa shape index (κ1) is 33.0. The van der Waals surface area contributed by atoms with Crippen LogP contribution in [0.25, 0.3) is 0 Å². The topological polar surface area (TPSA) is 114 Å². The normalized spacial score (nSPS) is 15.3. The van der Waals surface area contributed by atoms with Crippen LogP contribution < -0.4 is 10.1 Å². The van der Waals surface area contributed by atoms with Crippen LogP contribution in [0.3, 0.4) is 0 Å². The summed E-state index contributed by atoms with van der Waals surface area (Å²) in [5, 5.41) is 2.97. The van der Waals surface area contributed by atoms with Gasteiger partial charge < -0.3 is 19.5 Å². The fraction of sp³-hybridized carbons (Fsp3) is 0.394. The van der Waals surface area contributed by atoms with Gasteiger partial charge in [-0.3, -0.25) is 9.69 Å². The van der Waals surface area contributed by atoms with E-state index in [4.69, 9.17) is 14.2 Å². The maximum Gasteiger partial charge on any atom is 0.408 e. The van der Waals surface area contributed by atoms with Crippen LogP contribution in [0.1, 0.15) is 50.4 Å². The summed E-state index contributed by atoms with van der Waals surface area (Å²) in [6.45, 7) is 9.44. The Morgan fingerprint density at radius 3 is 2.18 bits per heavy atom. The van der Waals surface area contributed by atoms with Crippen molar-refractivity contribution in [3.63, 3.8) is 0 Å². The van der Waals surface area contributed by atoms with Crippen molar-refractivity contribution in [3.05, 3.63) is 95.6 Å². The van der Waals surface area contributed by atoms with Crippen molar-refractivity contribution in [1.29, 1.82) is 0 Å². The molecule has 1 amide bonds. The van der Waals surface area contributed by atoms with Gasteiger partial charge in [0, 0.05) is 26.2 Å². The Hall–Kier alpha value is -3.93. The number of nitrogens with one attached hydrogen (secondary N) is 1. The number of piperazine rings is 1. The number of nitrogens with zero attached hydrogens (tertiary/aromatic N) is 2. The van der Waals surface area contributed by atoms with Gasteiger partial charge in [-0.1, -0.05) is 54.6 Å². The summed E-state index contributed by atoms with van der Waals surface area (Å²) in [7, 11) is -3.67. The fourth-order valence-electron chi connectivity index (χ4n) is 4.80. The quantitative estimate of drug-likeness (QED) is 0.305. The maximum absolute atomic E-state index is 13.2. The van der Waals surface area contributed by atoms with Gasteiger partial charge in [-0.25, -0.2) is 13.2 Å². The second-order valence-corrected chi connectivity index (χ2v) is 13.4. The molecular weight excluding hydrogens is 582 g/mol. The summed E-state index contributed by atoms with van der Waals surface area (Å²) in [4.78, 5) is 26.5. The van der Waals surface area contributed by atoms with Crippen molar-refractivity contribution < 1.29 is 32.2 Å². The summed E-state index contributed by atoms with van der Waals surface area (Å²) < 4.78 is 44.4. The monoisotopic (exact) mass is 623 g/mol. The highest BCUT2D eigenvalue weighted by Crippen LogP contribution is 2.27. The van der Waals surface area contributed by atoms with Crippen molar-refractivity contribution >= 4 is 22.1 Å². The highest BCUT2D eigenvalue weighted by atomic mass is 32.2. The van der Waals surface area contributed by atoms with Gasteiger partial charge in [-0.05, 0) is 68.7 Å². The Labute approximate surface area is 260 Å². The van der Waals surface area contributed by atoms with Gasteiger partial charge in [0.05, 0.1) is 24.1 Å². The van der Waals surface area contributed by atoms with Gasteiger partial charge in [-0.2, -0.15) is 4.31 Å². The van der Waals surface area contributed by atoms with Crippen molar-refractivity contribution in [2.75, 3.05) is 39.3 Å². The van der Waals surface area contributed by atoms with E-state index in [1.54, 1.807) is 31.2 Å². The molecule has 0 aliphatic carbocycles. The largest absolute Gasteiger partial charge is 0.489 e. The number of benzene rings is 3. The van der Waals surface area contributed by atoms with Crippen LogP contribution in [0.15, 0.2) is 83.8 Å². The molecule has 10 nitrogen and oxygen atoms in total. The molecule has 1 atom stereocenters. The summed E-state index contributed by atoms with van der Waals surface area (Å²) >= 11 is 0. The molecule has 0 aromatic heterocycles. The highest BCUT2D eigenvalue weighted by Gasteiger charge is 2.29. The minimum atomic E-state index is -3.67. The van der Waals surface area contributed by atoms with E-state index in [0.29, 0.717) is 38.5 Å². The third kappa shape index (κ3) is 9.28. The number of hydrogen-bond acceptors (Lipinski definition) is 8. The molecule has 0 saturated carbocycles. The number of esters is 1. The Morgan fingerprint density at radius 1 is 0.886 bits per heavy atom. The number of carbonyl (C=O) groups excluding carboxylic acids is 2. The van der Waals surface area contributed by atoms with Crippen LogP contribution in [0.2, 0.25) is 0 Å². The van der Waals surface area contributed by atoms with Crippen molar-refractivity contribution in [1.82, 2.24) is 14.5 Å². The van der Waals surface area contributed by atoms with E-state index in [1.807, 2.05) is 80.3 Å². The van der Waals surface area contributed by atoms with Crippen LogP contribution in [0, 0.1) is 0 Å². The molecule has 1 aliphatic rings. The molecule has 0 bridgehead atoms. The lowest BCUT2D eigenvalue weighted by Crippen LogP contribution is -2.49. The molecule has 3 aromatic rings. The minimum Gasteiger partial charge on any atom is -0.489 e. The summed E-state index contributed by atoms with van der Waals surface area (Å²) in [5.74, 6) is 0.300. The molecule has 3 aromatic carbocycles. The number of sulfonamides is 1. The van der Waals surface area contributed by atoms with Crippen molar-refractivity contribution in [3.8, 4) is 5.75 Å². The Balaban J connectivity index is 1.38. The van der Waals surface area contributed by atoms with E-state index in [2.05, 4.69) is 5.32 Å². The first-order valence-corrected chi connectivity index (χ1v) is 16.1. The van der Waals surface area contributed by atoms with Gasteiger partial charge in [0.15, 0.2) is 0 Å². The molecular formula is C33H41N3O7S. The number of carbonyl (C=O) groups is 2. The van der Waals surface area contributed by atoms with Crippen LogP contribution in [0.4, 0.5) is 4.79 Å². The molecule has 236 valence electrons. The molecule has 1 fully saturated rings. The van der Waals surface area contributed by atoms with E-state index in [1.165, 1.54) is 4.31 Å². The molecule has 1 aliphatic heterocycles. The van der Waals surface area contributed by atoms with Crippen molar-refractivity contribution in [2.24, 2.45) is 0 Å². The SMILES string of the molecule is CCOC(=O)CN1CCN(S(=O)(=O)c2ccc(COc3cccc(C(NC(=O)OC(C)(C)C)c4ccccc4)c3)cc2)CC1. The van der Waals surface area contributed by atoms with Crippen LogP contribution in [-0.2, 0) is 30.9 Å². The minimum absolute atomic E-state index is 0.159. The van der Waals surface area contributed by atoms with Gasteiger partial charge >= 0.3 is 12.1 Å². The van der Waals surface area contributed by atoms with E-state index >= 15 is 0 Å². The Morgan fingerprint density at radius 2 is 1.55 bits per heavy atom. The number of alkyl carbamates (subject to hydrolysis) is 1. The van der Waals surface area contributed by atoms with E-state index in [-0.39, 0.29) is 24.0 Å². The van der Waals surface area contributed by atoms with Crippen LogP contribution >= 0.6 is 0 Å². The fourth-order valence-corrected chi connectivity index (χ4v) is 6.23. The lowest BCUT2D eigenvalue weighted by molar-refractivity contribution is -0.144. The summed E-state index contributed by atoms with van der Waals surface area (Å²) in [5.41, 5.74) is 1.89. The maximum atomic E-state index is 13.2. The second kappa shape index (κ2) is 14.7. The zero-order valence-corrected chi connectivity index (χ0v) is 26.5. The van der Waals surface area contributed by atoms with E-state index < -0.39 is 27.8 Å². The molecule has 1 unspecified atom stereocenters. The van der Waals surface area contributed by atoms with Gasteiger partial charge in [0.1, 0.15) is 18.0 Å². The molecule has 1 N–H and O–H groups in total. The lowest BCUT2D eigenvalue weighted by Gasteiger charge is -2.33. The number of amides is 1. The Bertz CT molecular complexity index is 1500. The number of rotatable bonds is 11. The third-order valence-electron chi connectivity index (χ3n) is 6.94. The number of ether oxygens (including phenoxy) is 3.